The molecule has 6 nitrogen and oxygen atoms in total. The Morgan fingerprint density at radius 3 is 2.28 bits per heavy atom. The van der Waals surface area contributed by atoms with Crippen LogP contribution in [0.3, 0.4) is 0 Å². The summed E-state index contributed by atoms with van der Waals surface area (Å²) in [6.07, 6.45) is 3.15. The molecule has 2 aromatic carbocycles. The third-order valence-electron chi connectivity index (χ3n) is 5.90. The van der Waals surface area contributed by atoms with Gasteiger partial charge in [0.1, 0.15) is 0 Å². The first-order valence-corrected chi connectivity index (χ1v) is 11.1. The van der Waals surface area contributed by atoms with Crippen molar-refractivity contribution in [1.29, 1.82) is 0 Å². The molecule has 0 bridgehead atoms. The molecule has 166 valence electrons. The van der Waals surface area contributed by atoms with Crippen LogP contribution >= 0.6 is 0 Å². The number of para-hydroxylation sites is 1. The zero-order valence-electron chi connectivity index (χ0n) is 18.4. The van der Waals surface area contributed by atoms with Crippen LogP contribution in [0.25, 0.3) is 0 Å². The number of furan rings is 1. The fourth-order valence-corrected chi connectivity index (χ4v) is 4.07. The molecule has 0 aliphatic carbocycles. The lowest BCUT2D eigenvalue weighted by Gasteiger charge is -2.33. The highest BCUT2D eigenvalue weighted by atomic mass is 16.3. The number of aryl methyl sites for hydroxylation is 1. The van der Waals surface area contributed by atoms with Gasteiger partial charge >= 0.3 is 0 Å². The summed E-state index contributed by atoms with van der Waals surface area (Å²) in [6.45, 7) is 4.29. The van der Waals surface area contributed by atoms with Crippen molar-refractivity contribution in [3.8, 4) is 0 Å². The van der Waals surface area contributed by atoms with Gasteiger partial charge in [0.15, 0.2) is 5.76 Å². The molecule has 3 aromatic rings. The molecule has 2 heterocycles. The smallest absolute Gasteiger partial charge is 0.287 e. The number of carbonyl (C=O) groups excluding carboxylic acids is 2. The third kappa shape index (κ3) is 5.45. The maximum absolute atomic E-state index is 13.3. The topological polar surface area (TPSA) is 65.8 Å². The van der Waals surface area contributed by atoms with E-state index >= 15 is 0 Å². The van der Waals surface area contributed by atoms with Crippen molar-refractivity contribution in [3.05, 3.63) is 89.9 Å². The molecule has 1 aliphatic rings. The van der Waals surface area contributed by atoms with Crippen molar-refractivity contribution < 1.29 is 14.0 Å². The van der Waals surface area contributed by atoms with Gasteiger partial charge < -0.3 is 14.6 Å². The first-order valence-electron chi connectivity index (χ1n) is 11.1. The molecule has 1 saturated heterocycles. The van der Waals surface area contributed by atoms with Gasteiger partial charge in [-0.15, -0.1) is 0 Å². The molecule has 2 amide bonds. The Hall–Kier alpha value is -3.38. The van der Waals surface area contributed by atoms with Crippen LogP contribution in [0, 0.1) is 6.92 Å². The lowest BCUT2D eigenvalue weighted by atomic mass is 10.0. The molecule has 32 heavy (non-hydrogen) atoms. The van der Waals surface area contributed by atoms with E-state index in [1.165, 1.54) is 6.26 Å². The molecule has 0 spiro atoms. The van der Waals surface area contributed by atoms with Crippen LogP contribution in [0.1, 0.15) is 34.5 Å². The lowest BCUT2D eigenvalue weighted by Crippen LogP contribution is -2.48. The quantitative estimate of drug-likeness (QED) is 0.614. The SMILES string of the molecule is Cc1ccoc1C(=O)NC1CCN(CC(=O)N(Cc2ccccc2)c2ccccc2)CC1. The number of nitrogens with zero attached hydrogens (tertiary/aromatic N) is 2. The normalized spacial score (nSPS) is 14.8. The second-order valence-electron chi connectivity index (χ2n) is 8.26. The Bertz CT molecular complexity index is 1020. The van der Waals surface area contributed by atoms with Gasteiger partial charge in [0.05, 0.1) is 19.4 Å². The minimum atomic E-state index is -0.167. The minimum absolute atomic E-state index is 0.0775. The molecule has 0 unspecified atom stereocenters. The number of rotatable bonds is 7. The summed E-state index contributed by atoms with van der Waals surface area (Å²) in [5.74, 6) is 0.288. The van der Waals surface area contributed by atoms with Crippen molar-refractivity contribution in [2.24, 2.45) is 0 Å². The van der Waals surface area contributed by atoms with E-state index in [-0.39, 0.29) is 17.9 Å². The van der Waals surface area contributed by atoms with E-state index in [0.717, 1.165) is 42.7 Å². The van der Waals surface area contributed by atoms with Gasteiger partial charge in [-0.25, -0.2) is 0 Å². The number of carbonyl (C=O) groups is 2. The Morgan fingerprint density at radius 2 is 1.66 bits per heavy atom. The average Bonchev–Trinajstić information content (AvgIpc) is 3.26. The van der Waals surface area contributed by atoms with Crippen LogP contribution in [0.4, 0.5) is 5.69 Å². The van der Waals surface area contributed by atoms with Gasteiger partial charge in [-0.2, -0.15) is 0 Å². The van der Waals surface area contributed by atoms with Crippen LogP contribution < -0.4 is 10.2 Å². The van der Waals surface area contributed by atoms with Crippen molar-refractivity contribution in [2.75, 3.05) is 24.5 Å². The molecule has 6 heteroatoms. The number of likely N-dealkylation sites (tertiary alicyclic amines) is 1. The number of piperidine rings is 1. The number of hydrogen-bond donors (Lipinski definition) is 1. The highest BCUT2D eigenvalue weighted by Crippen LogP contribution is 2.19. The summed E-state index contributed by atoms with van der Waals surface area (Å²) in [7, 11) is 0. The highest BCUT2D eigenvalue weighted by molar-refractivity contribution is 5.95. The molecule has 0 saturated carbocycles. The monoisotopic (exact) mass is 431 g/mol. The van der Waals surface area contributed by atoms with E-state index in [4.69, 9.17) is 4.42 Å². The number of amides is 2. The summed E-state index contributed by atoms with van der Waals surface area (Å²) in [6, 6.07) is 21.7. The third-order valence-corrected chi connectivity index (χ3v) is 5.90. The van der Waals surface area contributed by atoms with Gasteiger partial charge in [0, 0.05) is 30.4 Å². The fraction of sp³-hybridized carbons (Fsp3) is 0.308. The van der Waals surface area contributed by atoms with Crippen molar-refractivity contribution in [3.63, 3.8) is 0 Å². The van der Waals surface area contributed by atoms with Gasteiger partial charge in [-0.05, 0) is 43.5 Å². The molecular formula is C26H29N3O3. The molecule has 4 rings (SSSR count). The van der Waals surface area contributed by atoms with Crippen LogP contribution in [0.5, 0.6) is 0 Å². The van der Waals surface area contributed by atoms with Crippen LogP contribution in [0.15, 0.2) is 77.4 Å². The number of benzene rings is 2. The van der Waals surface area contributed by atoms with E-state index in [9.17, 15) is 9.59 Å². The Kier molecular flexibility index (Phi) is 7.02. The molecule has 1 fully saturated rings. The maximum atomic E-state index is 13.3. The van der Waals surface area contributed by atoms with Crippen LogP contribution in [-0.4, -0.2) is 42.4 Å². The average molecular weight is 432 g/mol. The fourth-order valence-electron chi connectivity index (χ4n) is 4.07. The number of nitrogens with one attached hydrogen (secondary N) is 1. The summed E-state index contributed by atoms with van der Waals surface area (Å²) in [5, 5.41) is 3.06. The van der Waals surface area contributed by atoms with E-state index < -0.39 is 0 Å². The zero-order valence-corrected chi connectivity index (χ0v) is 18.4. The summed E-state index contributed by atoms with van der Waals surface area (Å²) >= 11 is 0. The van der Waals surface area contributed by atoms with Crippen LogP contribution in [-0.2, 0) is 11.3 Å². The summed E-state index contributed by atoms with van der Waals surface area (Å²) < 4.78 is 5.29. The summed E-state index contributed by atoms with van der Waals surface area (Å²) in [4.78, 5) is 29.7. The largest absolute Gasteiger partial charge is 0.459 e. The predicted molar refractivity (Wildman–Crippen MR) is 124 cm³/mol. The second-order valence-corrected chi connectivity index (χ2v) is 8.26. The van der Waals surface area contributed by atoms with Crippen LogP contribution in [0.2, 0.25) is 0 Å². The van der Waals surface area contributed by atoms with Crippen molar-refractivity contribution in [2.45, 2.75) is 32.4 Å². The van der Waals surface area contributed by atoms with Gasteiger partial charge in [0.2, 0.25) is 5.91 Å². The molecule has 1 N–H and O–H groups in total. The van der Waals surface area contributed by atoms with Gasteiger partial charge in [0.25, 0.3) is 5.91 Å². The number of anilines is 1. The minimum Gasteiger partial charge on any atom is -0.459 e. The maximum Gasteiger partial charge on any atom is 0.287 e. The Balaban J connectivity index is 1.34. The second kappa shape index (κ2) is 10.3. The van der Waals surface area contributed by atoms with Crippen molar-refractivity contribution >= 4 is 17.5 Å². The molecule has 0 radical (unpaired) electrons. The van der Waals surface area contributed by atoms with E-state index in [1.54, 1.807) is 6.07 Å². The Labute approximate surface area is 188 Å². The predicted octanol–water partition coefficient (Wildman–Crippen LogP) is 4.02. The first kappa shape index (κ1) is 21.8. The molecular weight excluding hydrogens is 402 g/mol. The van der Waals surface area contributed by atoms with E-state index in [2.05, 4.69) is 10.2 Å². The number of hydrogen-bond acceptors (Lipinski definition) is 4. The zero-order chi connectivity index (χ0) is 22.3. The van der Waals surface area contributed by atoms with E-state index in [1.807, 2.05) is 72.5 Å². The van der Waals surface area contributed by atoms with Gasteiger partial charge in [-0.3, -0.25) is 14.5 Å². The first-order chi connectivity index (χ1) is 15.6. The van der Waals surface area contributed by atoms with Gasteiger partial charge in [-0.1, -0.05) is 48.5 Å². The molecule has 1 aliphatic heterocycles. The highest BCUT2D eigenvalue weighted by Gasteiger charge is 2.26. The Morgan fingerprint density at radius 1 is 1.00 bits per heavy atom. The molecule has 1 aromatic heterocycles. The van der Waals surface area contributed by atoms with Crippen molar-refractivity contribution in [1.82, 2.24) is 10.2 Å². The lowest BCUT2D eigenvalue weighted by molar-refractivity contribution is -0.120. The van der Waals surface area contributed by atoms with E-state index in [0.29, 0.717) is 18.8 Å². The standard InChI is InChI=1S/C26H29N3O3/c1-20-14-17-32-25(20)26(31)27-22-12-15-28(16-13-22)19-24(30)29(23-10-6-3-7-11-23)18-21-8-4-2-5-9-21/h2-11,14,17,22H,12-13,15-16,18-19H2,1H3,(H,27,31). The molecule has 0 atom stereocenters. The summed E-state index contributed by atoms with van der Waals surface area (Å²) in [5.41, 5.74) is 2.83.